The average molecular weight is 315 g/mol. The molecular formula is C15H14ClF3N2. The highest BCUT2D eigenvalue weighted by molar-refractivity contribution is 6.31. The number of nitrogens with zero attached hydrogens (tertiary/aromatic N) is 1. The minimum Gasteiger partial charge on any atom is -0.402 e. The number of rotatable bonds is 3. The van der Waals surface area contributed by atoms with Gasteiger partial charge in [-0.2, -0.15) is 18.4 Å². The Morgan fingerprint density at radius 1 is 1.33 bits per heavy atom. The first kappa shape index (κ1) is 17.2. The minimum atomic E-state index is -4.79. The number of hydrogen-bond acceptors (Lipinski definition) is 2. The van der Waals surface area contributed by atoms with Crippen molar-refractivity contribution in [1.82, 2.24) is 0 Å². The van der Waals surface area contributed by atoms with Gasteiger partial charge < -0.3 is 5.73 Å². The van der Waals surface area contributed by atoms with Crippen molar-refractivity contribution >= 4 is 11.6 Å². The normalized spacial score (nSPS) is 19.6. The number of allylic oxidation sites excluding steroid dienone is 6. The van der Waals surface area contributed by atoms with Gasteiger partial charge in [-0.05, 0) is 44.1 Å². The summed E-state index contributed by atoms with van der Waals surface area (Å²) in [6.45, 7) is 1.61. The maximum atomic E-state index is 13.1. The Morgan fingerprint density at radius 3 is 2.38 bits per heavy atom. The van der Waals surface area contributed by atoms with Gasteiger partial charge in [-0.15, -0.1) is 0 Å². The zero-order chi connectivity index (χ0) is 16.1. The smallest absolute Gasteiger partial charge is 0.402 e. The van der Waals surface area contributed by atoms with Gasteiger partial charge in [0, 0.05) is 16.6 Å². The standard InChI is InChI=1S/C15H14ClF3N2/c1-11(21)2-5-13(16)7-9-14(10-20,15(17,18)19)8-6-12-3-4-12/h2,5,7,9,12H,3-4,21H2,1H3/b9-7+,11-2+,13-5+/t14-/m1/s1. The molecule has 1 rings (SSSR count). The van der Waals surface area contributed by atoms with Gasteiger partial charge in [0.25, 0.3) is 0 Å². The van der Waals surface area contributed by atoms with E-state index < -0.39 is 11.6 Å². The second kappa shape index (κ2) is 6.74. The molecule has 21 heavy (non-hydrogen) atoms. The largest absolute Gasteiger partial charge is 0.421 e. The van der Waals surface area contributed by atoms with Crippen LogP contribution in [-0.2, 0) is 0 Å². The lowest BCUT2D eigenvalue weighted by atomic mass is 9.89. The first-order valence-electron chi connectivity index (χ1n) is 6.19. The van der Waals surface area contributed by atoms with Gasteiger partial charge in [-0.3, -0.25) is 0 Å². The van der Waals surface area contributed by atoms with Crippen LogP contribution in [0.15, 0.2) is 35.0 Å². The van der Waals surface area contributed by atoms with E-state index >= 15 is 0 Å². The van der Waals surface area contributed by atoms with Crippen LogP contribution in [0.1, 0.15) is 19.8 Å². The summed E-state index contributed by atoms with van der Waals surface area (Å²) in [5, 5.41) is 8.98. The van der Waals surface area contributed by atoms with Crippen LogP contribution < -0.4 is 5.73 Å². The third kappa shape index (κ3) is 5.21. The average Bonchev–Trinajstić information content (AvgIpc) is 3.19. The summed E-state index contributed by atoms with van der Waals surface area (Å²) in [5.41, 5.74) is 3.00. The fourth-order valence-corrected chi connectivity index (χ4v) is 1.38. The Balaban J connectivity index is 3.09. The summed E-state index contributed by atoms with van der Waals surface area (Å²) >= 11 is 5.76. The van der Waals surface area contributed by atoms with Gasteiger partial charge in [0.15, 0.2) is 0 Å². The molecule has 1 saturated carbocycles. The van der Waals surface area contributed by atoms with E-state index in [0.717, 1.165) is 18.9 Å². The highest BCUT2D eigenvalue weighted by atomic mass is 35.5. The maximum Gasteiger partial charge on any atom is 0.421 e. The molecule has 1 aliphatic rings. The predicted molar refractivity (Wildman–Crippen MR) is 75.6 cm³/mol. The monoisotopic (exact) mass is 314 g/mol. The van der Waals surface area contributed by atoms with E-state index in [2.05, 4.69) is 11.8 Å². The molecule has 0 bridgehead atoms. The Kier molecular flexibility index (Phi) is 5.52. The van der Waals surface area contributed by atoms with Crippen molar-refractivity contribution in [3.8, 4) is 17.9 Å². The second-order valence-electron chi connectivity index (χ2n) is 4.76. The quantitative estimate of drug-likeness (QED) is 0.632. The molecule has 2 nitrogen and oxygen atoms in total. The van der Waals surface area contributed by atoms with Crippen LogP contribution in [0.25, 0.3) is 0 Å². The van der Waals surface area contributed by atoms with Gasteiger partial charge in [-0.25, -0.2) is 0 Å². The van der Waals surface area contributed by atoms with Crippen LogP contribution in [0.3, 0.4) is 0 Å². The van der Waals surface area contributed by atoms with E-state index in [4.69, 9.17) is 22.6 Å². The van der Waals surface area contributed by atoms with Crippen LogP contribution in [-0.4, -0.2) is 6.18 Å². The maximum absolute atomic E-state index is 13.1. The fraction of sp³-hybridized carbons (Fsp3) is 0.400. The number of halogens is 4. The summed E-state index contributed by atoms with van der Waals surface area (Å²) in [6.07, 6.45) is 1.25. The van der Waals surface area contributed by atoms with Gasteiger partial charge >= 0.3 is 6.18 Å². The summed E-state index contributed by atoms with van der Waals surface area (Å²) in [6, 6.07) is 1.25. The van der Waals surface area contributed by atoms with Crippen LogP contribution in [0, 0.1) is 34.5 Å². The van der Waals surface area contributed by atoms with E-state index in [-0.39, 0.29) is 11.0 Å². The number of hydrogen-bond donors (Lipinski definition) is 1. The van der Waals surface area contributed by atoms with Crippen molar-refractivity contribution in [2.75, 3.05) is 0 Å². The summed E-state index contributed by atoms with van der Waals surface area (Å²) in [4.78, 5) is 0. The van der Waals surface area contributed by atoms with Gasteiger partial charge in [-0.1, -0.05) is 23.4 Å². The molecule has 0 unspecified atom stereocenters. The molecule has 0 amide bonds. The van der Waals surface area contributed by atoms with Crippen molar-refractivity contribution in [2.45, 2.75) is 25.9 Å². The summed E-state index contributed by atoms with van der Waals surface area (Å²) in [7, 11) is 0. The molecular weight excluding hydrogens is 301 g/mol. The molecule has 0 aromatic rings. The summed E-state index contributed by atoms with van der Waals surface area (Å²) < 4.78 is 39.4. The molecule has 0 saturated heterocycles. The number of alkyl halides is 3. The molecule has 0 spiro atoms. The van der Waals surface area contributed by atoms with Crippen LogP contribution in [0.5, 0.6) is 0 Å². The van der Waals surface area contributed by atoms with Gasteiger partial charge in [0.05, 0.1) is 6.07 Å². The van der Waals surface area contributed by atoms with E-state index in [1.807, 2.05) is 0 Å². The Bertz CT molecular complexity index is 577. The van der Waals surface area contributed by atoms with Crippen molar-refractivity contribution in [3.05, 3.63) is 35.0 Å². The Hall–Kier alpha value is -1.85. The molecule has 2 N–H and O–H groups in total. The molecule has 0 aromatic heterocycles. The van der Waals surface area contributed by atoms with Crippen LogP contribution in [0.4, 0.5) is 13.2 Å². The highest BCUT2D eigenvalue weighted by Crippen LogP contribution is 2.40. The molecule has 0 radical (unpaired) electrons. The summed E-state index contributed by atoms with van der Waals surface area (Å²) in [5.74, 6) is 4.51. The van der Waals surface area contributed by atoms with Crippen molar-refractivity contribution in [1.29, 1.82) is 5.26 Å². The molecule has 1 aliphatic carbocycles. The Labute approximate surface area is 126 Å². The zero-order valence-electron chi connectivity index (χ0n) is 11.3. The van der Waals surface area contributed by atoms with Crippen molar-refractivity contribution < 1.29 is 13.2 Å². The van der Waals surface area contributed by atoms with E-state index in [0.29, 0.717) is 11.8 Å². The molecule has 1 atom stereocenters. The zero-order valence-corrected chi connectivity index (χ0v) is 12.1. The lowest BCUT2D eigenvalue weighted by Gasteiger charge is -2.19. The molecule has 0 heterocycles. The molecule has 1 fully saturated rings. The third-order valence-corrected chi connectivity index (χ3v) is 2.92. The van der Waals surface area contributed by atoms with E-state index in [1.165, 1.54) is 18.2 Å². The minimum absolute atomic E-state index is 0.0249. The van der Waals surface area contributed by atoms with Crippen LogP contribution in [0.2, 0.25) is 0 Å². The lowest BCUT2D eigenvalue weighted by molar-refractivity contribution is -0.168. The second-order valence-corrected chi connectivity index (χ2v) is 5.19. The topological polar surface area (TPSA) is 49.8 Å². The van der Waals surface area contributed by atoms with Crippen molar-refractivity contribution in [3.63, 3.8) is 0 Å². The SMILES string of the molecule is C\C(N)=C/C=C(Cl)\C=C\[C@@](C#N)(C#CC1CC1)C(F)(F)F. The predicted octanol–water partition coefficient (Wildman–Crippen LogP) is 4.01. The van der Waals surface area contributed by atoms with Gasteiger partial charge in [0.1, 0.15) is 0 Å². The van der Waals surface area contributed by atoms with E-state index in [1.54, 1.807) is 6.92 Å². The first-order valence-corrected chi connectivity index (χ1v) is 6.57. The fourth-order valence-electron chi connectivity index (χ4n) is 1.25. The molecule has 6 heteroatoms. The number of nitrogens with two attached hydrogens (primary N) is 1. The lowest BCUT2D eigenvalue weighted by Crippen LogP contribution is -2.33. The first-order chi connectivity index (χ1) is 9.70. The highest BCUT2D eigenvalue weighted by Gasteiger charge is 2.53. The molecule has 0 aliphatic heterocycles. The third-order valence-electron chi connectivity index (χ3n) is 2.67. The number of nitriles is 1. The van der Waals surface area contributed by atoms with E-state index in [9.17, 15) is 13.2 Å². The molecule has 0 aromatic carbocycles. The van der Waals surface area contributed by atoms with Crippen molar-refractivity contribution in [2.24, 2.45) is 17.1 Å². The Morgan fingerprint density at radius 2 is 1.95 bits per heavy atom. The van der Waals surface area contributed by atoms with Crippen LogP contribution >= 0.6 is 11.6 Å². The molecule has 112 valence electrons. The van der Waals surface area contributed by atoms with Gasteiger partial charge in [0.2, 0.25) is 5.41 Å².